The minimum Gasteiger partial charge on any atom is -0.344 e. The van der Waals surface area contributed by atoms with Crippen LogP contribution in [0.2, 0.25) is 0 Å². The van der Waals surface area contributed by atoms with Gasteiger partial charge in [0.25, 0.3) is 11.5 Å². The topological polar surface area (TPSA) is 115 Å². The first-order valence-electron chi connectivity index (χ1n) is 10.8. The zero-order valence-electron chi connectivity index (χ0n) is 18.9. The lowest BCUT2D eigenvalue weighted by atomic mass is 10.1. The average Bonchev–Trinajstić information content (AvgIpc) is 3.19. The number of likely N-dealkylation sites (tertiary alicyclic amines) is 1. The fourth-order valence-electron chi connectivity index (χ4n) is 3.77. The monoisotopic (exact) mass is 489 g/mol. The highest BCUT2D eigenvalue weighted by Crippen LogP contribution is 2.28. The normalized spacial score (nSPS) is 16.8. The van der Waals surface area contributed by atoms with E-state index in [1.54, 1.807) is 14.1 Å². The number of halogens is 3. The smallest absolute Gasteiger partial charge is 0.344 e. The Kier molecular flexibility index (Phi) is 6.41. The van der Waals surface area contributed by atoms with Crippen molar-refractivity contribution in [3.05, 3.63) is 58.4 Å². The van der Waals surface area contributed by atoms with Crippen molar-refractivity contribution in [3.63, 3.8) is 0 Å². The summed E-state index contributed by atoms with van der Waals surface area (Å²) < 4.78 is 41.1. The van der Waals surface area contributed by atoms with Crippen molar-refractivity contribution >= 4 is 11.8 Å². The molecule has 0 aromatic carbocycles. The third-order valence-electron chi connectivity index (χ3n) is 5.66. The third kappa shape index (κ3) is 5.08. The molecule has 1 fully saturated rings. The van der Waals surface area contributed by atoms with Gasteiger partial charge in [0.15, 0.2) is 0 Å². The van der Waals surface area contributed by atoms with Crippen LogP contribution in [0.25, 0.3) is 16.9 Å². The first-order valence-corrected chi connectivity index (χ1v) is 10.8. The van der Waals surface area contributed by atoms with Crippen molar-refractivity contribution in [1.29, 1.82) is 0 Å². The quantitative estimate of drug-likeness (QED) is 0.598. The van der Waals surface area contributed by atoms with E-state index >= 15 is 0 Å². The van der Waals surface area contributed by atoms with E-state index in [9.17, 15) is 27.6 Å². The van der Waals surface area contributed by atoms with Crippen LogP contribution in [-0.2, 0) is 18.0 Å². The summed E-state index contributed by atoms with van der Waals surface area (Å²) in [6, 6.07) is 2.32. The van der Waals surface area contributed by atoms with Crippen LogP contribution in [0.5, 0.6) is 0 Å². The molecule has 0 aliphatic carbocycles. The SMILES string of the molecule is CN1CCCC[C@H](NC(=O)c2cc(-c3ccc(C(F)(F)F)nc3)nn(-c3cnn(C)c3)c2=O)C1=O. The van der Waals surface area contributed by atoms with E-state index in [0.29, 0.717) is 13.0 Å². The first kappa shape index (κ1) is 24.1. The molecule has 1 atom stereocenters. The zero-order valence-corrected chi connectivity index (χ0v) is 18.9. The number of nitrogens with zero attached hydrogens (tertiary/aromatic N) is 6. The van der Waals surface area contributed by atoms with Crippen molar-refractivity contribution in [1.82, 2.24) is 34.8 Å². The summed E-state index contributed by atoms with van der Waals surface area (Å²) in [5, 5.41) is 10.9. The summed E-state index contributed by atoms with van der Waals surface area (Å²) in [4.78, 5) is 43.9. The van der Waals surface area contributed by atoms with Gasteiger partial charge in [-0.15, -0.1) is 0 Å². The first-order chi connectivity index (χ1) is 16.5. The average molecular weight is 489 g/mol. The summed E-state index contributed by atoms with van der Waals surface area (Å²) in [6.07, 6.45) is 1.14. The molecule has 184 valence electrons. The molecule has 4 heterocycles. The molecule has 1 aliphatic heterocycles. The van der Waals surface area contributed by atoms with Gasteiger partial charge in [-0.1, -0.05) is 0 Å². The van der Waals surface area contributed by atoms with Gasteiger partial charge in [0.2, 0.25) is 5.91 Å². The number of amides is 2. The van der Waals surface area contributed by atoms with E-state index in [1.807, 2.05) is 0 Å². The van der Waals surface area contributed by atoms with Crippen LogP contribution in [0.4, 0.5) is 13.2 Å². The Morgan fingerprint density at radius 2 is 1.91 bits per heavy atom. The highest BCUT2D eigenvalue weighted by molar-refractivity contribution is 5.98. The van der Waals surface area contributed by atoms with Crippen molar-refractivity contribution in [2.24, 2.45) is 7.05 Å². The number of nitrogens with one attached hydrogen (secondary N) is 1. The summed E-state index contributed by atoms with van der Waals surface area (Å²) in [6.45, 7) is 0.569. The Balaban J connectivity index is 1.77. The Morgan fingerprint density at radius 3 is 2.54 bits per heavy atom. The van der Waals surface area contributed by atoms with Crippen molar-refractivity contribution in [3.8, 4) is 16.9 Å². The number of alkyl halides is 3. The number of hydrogen-bond donors (Lipinski definition) is 1. The van der Waals surface area contributed by atoms with E-state index in [1.165, 1.54) is 28.0 Å². The van der Waals surface area contributed by atoms with E-state index in [4.69, 9.17) is 0 Å². The van der Waals surface area contributed by atoms with Crippen LogP contribution in [0.3, 0.4) is 0 Å². The number of aromatic nitrogens is 5. The highest BCUT2D eigenvalue weighted by Gasteiger charge is 2.32. The van der Waals surface area contributed by atoms with Gasteiger partial charge >= 0.3 is 6.18 Å². The third-order valence-corrected chi connectivity index (χ3v) is 5.66. The van der Waals surface area contributed by atoms with Crippen molar-refractivity contribution in [2.45, 2.75) is 31.5 Å². The van der Waals surface area contributed by atoms with Gasteiger partial charge in [0.1, 0.15) is 23.0 Å². The molecule has 10 nitrogen and oxygen atoms in total. The number of carbonyl (C=O) groups excluding carboxylic acids is 2. The van der Waals surface area contributed by atoms with Gasteiger partial charge in [0, 0.05) is 32.4 Å². The second kappa shape index (κ2) is 9.31. The van der Waals surface area contributed by atoms with Crippen LogP contribution in [0.15, 0.2) is 41.6 Å². The van der Waals surface area contributed by atoms with Gasteiger partial charge in [-0.2, -0.15) is 28.1 Å². The van der Waals surface area contributed by atoms with E-state index in [0.717, 1.165) is 35.9 Å². The molecule has 4 rings (SSSR count). The minimum atomic E-state index is -4.62. The van der Waals surface area contributed by atoms with Gasteiger partial charge in [0.05, 0.1) is 18.1 Å². The van der Waals surface area contributed by atoms with Gasteiger partial charge in [-0.05, 0) is 37.5 Å². The molecule has 0 saturated carbocycles. The van der Waals surface area contributed by atoms with Crippen LogP contribution in [0.1, 0.15) is 35.3 Å². The molecule has 2 amide bonds. The molecular formula is C22H22F3N7O3. The van der Waals surface area contributed by atoms with E-state index in [2.05, 4.69) is 20.5 Å². The van der Waals surface area contributed by atoms with E-state index in [-0.39, 0.29) is 28.4 Å². The molecule has 1 N–H and O–H groups in total. The van der Waals surface area contributed by atoms with Crippen molar-refractivity contribution < 1.29 is 22.8 Å². The maximum absolute atomic E-state index is 13.2. The predicted molar refractivity (Wildman–Crippen MR) is 118 cm³/mol. The molecule has 0 bridgehead atoms. The largest absolute Gasteiger partial charge is 0.433 e. The molecular weight excluding hydrogens is 467 g/mol. The Bertz CT molecular complexity index is 1320. The van der Waals surface area contributed by atoms with Crippen LogP contribution in [0, 0.1) is 0 Å². The van der Waals surface area contributed by atoms with Gasteiger partial charge in [-0.25, -0.2) is 0 Å². The summed E-state index contributed by atoms with van der Waals surface area (Å²) in [5.41, 5.74) is -1.72. The predicted octanol–water partition coefficient (Wildman–Crippen LogP) is 1.79. The maximum Gasteiger partial charge on any atom is 0.433 e. The van der Waals surface area contributed by atoms with Crippen LogP contribution in [-0.4, -0.2) is 60.9 Å². The number of pyridine rings is 1. The van der Waals surface area contributed by atoms with Gasteiger partial charge in [-0.3, -0.25) is 24.0 Å². The summed E-state index contributed by atoms with van der Waals surface area (Å²) >= 11 is 0. The zero-order chi connectivity index (χ0) is 25.3. The second-order valence-electron chi connectivity index (χ2n) is 8.24. The molecule has 0 spiro atoms. The lowest BCUT2D eigenvalue weighted by Gasteiger charge is -2.21. The lowest BCUT2D eigenvalue weighted by molar-refractivity contribution is -0.141. The molecule has 3 aromatic rings. The summed E-state index contributed by atoms with van der Waals surface area (Å²) in [7, 11) is 3.27. The molecule has 3 aromatic heterocycles. The molecule has 1 saturated heterocycles. The Hall–Kier alpha value is -4.03. The number of carbonyl (C=O) groups is 2. The molecule has 0 radical (unpaired) electrons. The van der Waals surface area contributed by atoms with Crippen LogP contribution < -0.4 is 10.9 Å². The van der Waals surface area contributed by atoms with Crippen LogP contribution >= 0.6 is 0 Å². The fourth-order valence-corrected chi connectivity index (χ4v) is 3.77. The molecule has 13 heteroatoms. The van der Waals surface area contributed by atoms with Crippen molar-refractivity contribution in [2.75, 3.05) is 13.6 Å². The number of rotatable bonds is 4. The maximum atomic E-state index is 13.2. The summed E-state index contributed by atoms with van der Waals surface area (Å²) in [5.74, 6) is -1.05. The minimum absolute atomic E-state index is 0.0455. The standard InChI is InChI=1S/C22H22F3N7O3/c1-30-8-4-3-5-16(21(30)35)28-19(33)15-9-17(13-6-7-18(26-10-13)22(23,24)25)29-32(20(15)34)14-11-27-31(2)12-14/h6-7,9-12,16H,3-5,8H2,1-2H3,(H,28,33)/t16-/m0/s1. The number of likely N-dealkylation sites (N-methyl/N-ethyl adjacent to an activating group) is 1. The Labute approximate surface area is 197 Å². The molecule has 1 aliphatic rings. The second-order valence-corrected chi connectivity index (χ2v) is 8.24. The Morgan fingerprint density at radius 1 is 1.14 bits per heavy atom. The molecule has 0 unspecified atom stereocenters. The number of aryl methyl sites for hydroxylation is 1. The van der Waals surface area contributed by atoms with E-state index < -0.39 is 29.4 Å². The highest BCUT2D eigenvalue weighted by atomic mass is 19.4. The fraction of sp³-hybridized carbons (Fsp3) is 0.364. The van der Waals surface area contributed by atoms with Gasteiger partial charge < -0.3 is 10.2 Å². The number of hydrogen-bond acceptors (Lipinski definition) is 6. The molecule has 35 heavy (non-hydrogen) atoms. The lowest BCUT2D eigenvalue weighted by Crippen LogP contribution is -2.47.